The molecule has 0 fully saturated rings. The molecule has 1 heterocycles. The minimum Gasteiger partial charge on any atom is -0.352 e. The molecule has 6 heteroatoms. The molecule has 0 spiro atoms. The van der Waals surface area contributed by atoms with Gasteiger partial charge in [-0.3, -0.25) is 0 Å². The second kappa shape index (κ2) is 6.21. The normalized spacial score (nSPS) is 11.7. The van der Waals surface area contributed by atoms with Crippen molar-refractivity contribution in [3.05, 3.63) is 53.9 Å². The van der Waals surface area contributed by atoms with Gasteiger partial charge in [-0.15, -0.1) is 0 Å². The molecule has 108 valence electrons. The monoisotopic (exact) mass is 293 g/mol. The molecule has 1 aromatic carbocycles. The summed E-state index contributed by atoms with van der Waals surface area (Å²) in [5.74, 6) is 0. The van der Waals surface area contributed by atoms with Gasteiger partial charge in [-0.1, -0.05) is 30.3 Å². The molecule has 0 aliphatic heterocycles. The zero-order valence-electron chi connectivity index (χ0n) is 11.6. The van der Waals surface area contributed by atoms with Crippen molar-refractivity contribution in [1.29, 1.82) is 0 Å². The van der Waals surface area contributed by atoms with E-state index in [1.54, 1.807) is 12.3 Å². The third-order valence-corrected chi connectivity index (χ3v) is 4.43. The molecular weight excluding hydrogens is 274 g/mol. The summed E-state index contributed by atoms with van der Waals surface area (Å²) in [7, 11) is 0.187. The molecule has 1 aromatic heterocycles. The quantitative estimate of drug-likeness (QED) is 0.842. The van der Waals surface area contributed by atoms with Gasteiger partial charge in [0.2, 0.25) is 10.0 Å². The van der Waals surface area contributed by atoms with Gasteiger partial charge in [0.15, 0.2) is 0 Å². The number of rotatable bonds is 6. The Hall–Kier alpha value is -1.63. The first kappa shape index (κ1) is 14.8. The summed E-state index contributed by atoms with van der Waals surface area (Å²) in [6.07, 6.45) is 1.62. The summed E-state index contributed by atoms with van der Waals surface area (Å²) >= 11 is 0. The van der Waals surface area contributed by atoms with Gasteiger partial charge in [-0.2, -0.15) is 0 Å². The van der Waals surface area contributed by atoms with E-state index in [2.05, 4.69) is 10.0 Å². The van der Waals surface area contributed by atoms with Crippen molar-refractivity contribution in [1.82, 2.24) is 14.6 Å². The molecule has 0 saturated carbocycles. The highest BCUT2D eigenvalue weighted by Gasteiger charge is 2.16. The molecular formula is C14H19N3O2S. The Kier molecular flexibility index (Phi) is 4.59. The van der Waals surface area contributed by atoms with Crippen LogP contribution >= 0.6 is 0 Å². The lowest BCUT2D eigenvalue weighted by atomic mass is 10.2. The number of hydrogen-bond donors (Lipinski definition) is 2. The van der Waals surface area contributed by atoms with Crippen molar-refractivity contribution < 1.29 is 8.42 Å². The predicted molar refractivity (Wildman–Crippen MR) is 78.6 cm³/mol. The van der Waals surface area contributed by atoms with Crippen LogP contribution in [-0.4, -0.2) is 20.0 Å². The topological polar surface area (TPSA) is 63.1 Å². The number of nitrogens with one attached hydrogen (secondary N) is 2. The van der Waals surface area contributed by atoms with E-state index in [0.29, 0.717) is 18.0 Å². The largest absolute Gasteiger partial charge is 0.352 e. The molecule has 0 atom stereocenters. The maximum atomic E-state index is 12.2. The molecule has 2 rings (SSSR count). The lowest BCUT2D eigenvalue weighted by molar-refractivity contribution is 0.581. The van der Waals surface area contributed by atoms with Gasteiger partial charge in [0.05, 0.1) is 4.90 Å². The molecule has 0 radical (unpaired) electrons. The van der Waals surface area contributed by atoms with Crippen LogP contribution in [0.15, 0.2) is 47.5 Å². The minimum atomic E-state index is -3.48. The van der Waals surface area contributed by atoms with Crippen molar-refractivity contribution >= 4 is 10.0 Å². The van der Waals surface area contributed by atoms with E-state index in [-0.39, 0.29) is 0 Å². The Morgan fingerprint density at radius 2 is 1.85 bits per heavy atom. The van der Waals surface area contributed by atoms with Crippen LogP contribution in [0.3, 0.4) is 0 Å². The molecule has 2 N–H and O–H groups in total. The highest BCUT2D eigenvalue weighted by Crippen LogP contribution is 2.13. The zero-order chi connectivity index (χ0) is 14.6. The summed E-state index contributed by atoms with van der Waals surface area (Å²) in [5.41, 5.74) is 1.86. The van der Waals surface area contributed by atoms with Crippen LogP contribution in [-0.2, 0) is 30.2 Å². The molecule has 0 aliphatic carbocycles. The van der Waals surface area contributed by atoms with Gasteiger partial charge in [0, 0.05) is 32.0 Å². The third-order valence-electron chi connectivity index (χ3n) is 3.06. The Morgan fingerprint density at radius 3 is 2.50 bits per heavy atom. The molecule has 0 amide bonds. The average molecular weight is 293 g/mol. The fourth-order valence-electron chi connectivity index (χ4n) is 1.94. The van der Waals surface area contributed by atoms with E-state index in [4.69, 9.17) is 0 Å². The van der Waals surface area contributed by atoms with Crippen molar-refractivity contribution in [2.24, 2.45) is 7.05 Å². The van der Waals surface area contributed by atoms with E-state index < -0.39 is 10.0 Å². The van der Waals surface area contributed by atoms with Crippen molar-refractivity contribution in [3.8, 4) is 0 Å². The Morgan fingerprint density at radius 1 is 1.15 bits per heavy atom. The van der Waals surface area contributed by atoms with E-state index >= 15 is 0 Å². The molecule has 20 heavy (non-hydrogen) atoms. The molecule has 2 aromatic rings. The fourth-order valence-corrected chi connectivity index (χ4v) is 3.05. The summed E-state index contributed by atoms with van der Waals surface area (Å²) < 4.78 is 28.9. The standard InChI is InChI=1S/C14H19N3O2S/c1-15-10-13-8-14(11-17(13)2)20(18,19)16-9-12-6-4-3-5-7-12/h3-8,11,15-16H,9-10H2,1-2H3. The first-order chi connectivity index (χ1) is 9.53. The molecule has 0 aliphatic rings. The molecule has 0 saturated heterocycles. The maximum absolute atomic E-state index is 12.2. The lowest BCUT2D eigenvalue weighted by Crippen LogP contribution is -2.22. The van der Waals surface area contributed by atoms with Crippen molar-refractivity contribution in [3.63, 3.8) is 0 Å². The predicted octanol–water partition coefficient (Wildman–Crippen LogP) is 1.22. The smallest absolute Gasteiger partial charge is 0.242 e. The maximum Gasteiger partial charge on any atom is 0.242 e. The van der Waals surface area contributed by atoms with Crippen LogP contribution in [0, 0.1) is 0 Å². The summed E-state index contributed by atoms with van der Waals surface area (Å²) in [6.45, 7) is 0.921. The second-order valence-corrected chi connectivity index (χ2v) is 6.39. The van der Waals surface area contributed by atoms with Crippen LogP contribution in [0.2, 0.25) is 0 Å². The SMILES string of the molecule is CNCc1cc(S(=O)(=O)NCc2ccccc2)cn1C. The molecule has 0 bridgehead atoms. The fraction of sp³-hybridized carbons (Fsp3) is 0.286. The number of sulfonamides is 1. The third kappa shape index (κ3) is 3.47. The van der Waals surface area contributed by atoms with E-state index in [0.717, 1.165) is 11.3 Å². The van der Waals surface area contributed by atoms with Crippen LogP contribution in [0.5, 0.6) is 0 Å². The van der Waals surface area contributed by atoms with Crippen LogP contribution in [0.1, 0.15) is 11.3 Å². The number of aryl methyl sites for hydroxylation is 1. The molecule has 0 unspecified atom stereocenters. The van der Waals surface area contributed by atoms with Crippen LogP contribution < -0.4 is 10.0 Å². The number of benzene rings is 1. The van der Waals surface area contributed by atoms with Gasteiger partial charge in [-0.25, -0.2) is 13.1 Å². The Balaban J connectivity index is 2.12. The first-order valence-corrected chi connectivity index (χ1v) is 7.84. The Labute approximate surface area is 119 Å². The van der Waals surface area contributed by atoms with Crippen LogP contribution in [0.4, 0.5) is 0 Å². The van der Waals surface area contributed by atoms with Crippen molar-refractivity contribution in [2.45, 2.75) is 18.0 Å². The van der Waals surface area contributed by atoms with Gasteiger partial charge >= 0.3 is 0 Å². The van der Waals surface area contributed by atoms with Gasteiger partial charge in [0.1, 0.15) is 0 Å². The van der Waals surface area contributed by atoms with Gasteiger partial charge < -0.3 is 9.88 Å². The average Bonchev–Trinajstić information content (AvgIpc) is 2.81. The van der Waals surface area contributed by atoms with E-state index in [9.17, 15) is 8.42 Å². The Bertz CT molecular complexity index is 663. The number of aromatic nitrogens is 1. The summed E-state index contributed by atoms with van der Waals surface area (Å²) in [6, 6.07) is 11.1. The number of hydrogen-bond acceptors (Lipinski definition) is 3. The highest BCUT2D eigenvalue weighted by molar-refractivity contribution is 7.89. The minimum absolute atomic E-state index is 0.291. The summed E-state index contributed by atoms with van der Waals surface area (Å²) in [4.78, 5) is 0.293. The van der Waals surface area contributed by atoms with Gasteiger partial charge in [-0.05, 0) is 18.7 Å². The van der Waals surface area contributed by atoms with E-state index in [1.807, 2.05) is 49.0 Å². The van der Waals surface area contributed by atoms with Gasteiger partial charge in [0.25, 0.3) is 0 Å². The van der Waals surface area contributed by atoms with Crippen molar-refractivity contribution in [2.75, 3.05) is 7.05 Å². The van der Waals surface area contributed by atoms with E-state index in [1.165, 1.54) is 0 Å². The zero-order valence-corrected chi connectivity index (χ0v) is 12.4. The lowest BCUT2D eigenvalue weighted by Gasteiger charge is -2.04. The first-order valence-electron chi connectivity index (χ1n) is 6.36. The van der Waals surface area contributed by atoms with Crippen LogP contribution in [0.25, 0.3) is 0 Å². The highest BCUT2D eigenvalue weighted by atomic mass is 32.2. The summed E-state index contributed by atoms with van der Waals surface area (Å²) in [5, 5.41) is 3.01. The molecule has 5 nitrogen and oxygen atoms in total. The second-order valence-electron chi connectivity index (χ2n) is 4.62. The number of nitrogens with zero attached hydrogens (tertiary/aromatic N) is 1.